The van der Waals surface area contributed by atoms with Gasteiger partial charge in [0.1, 0.15) is 5.56 Å². The highest BCUT2D eigenvalue weighted by atomic mass is 16.2. The summed E-state index contributed by atoms with van der Waals surface area (Å²) >= 11 is 0. The molecule has 0 aliphatic carbocycles. The second-order valence-electron chi connectivity index (χ2n) is 4.25. The maximum Gasteiger partial charge on any atom is 0.261 e. The number of nitrogens with one attached hydrogen (secondary N) is 1. The minimum absolute atomic E-state index is 0.0216. The Labute approximate surface area is 110 Å². The lowest BCUT2D eigenvalue weighted by molar-refractivity contribution is 0.0999. The summed E-state index contributed by atoms with van der Waals surface area (Å²) in [5.74, 6) is -0.723. The first kappa shape index (κ1) is 13.0. The lowest BCUT2D eigenvalue weighted by Gasteiger charge is -2.10. The summed E-state index contributed by atoms with van der Waals surface area (Å²) in [6, 6.07) is 5.22. The molecule has 0 spiro atoms. The molecule has 0 radical (unpaired) electrons. The molecule has 0 aliphatic heterocycles. The van der Waals surface area contributed by atoms with Crippen LogP contribution in [0, 0.1) is 0 Å². The maximum atomic E-state index is 11.8. The van der Waals surface area contributed by atoms with Crippen LogP contribution >= 0.6 is 0 Å². The van der Waals surface area contributed by atoms with Gasteiger partial charge in [0.05, 0.1) is 0 Å². The van der Waals surface area contributed by atoms with Crippen LogP contribution in [0.25, 0.3) is 11.1 Å². The molecule has 98 valence electrons. The summed E-state index contributed by atoms with van der Waals surface area (Å²) in [5, 5.41) is 0. The zero-order chi connectivity index (χ0) is 13.8. The van der Waals surface area contributed by atoms with Crippen molar-refractivity contribution in [3.8, 4) is 11.1 Å². The average molecular weight is 257 g/mol. The number of carbonyl (C=O) groups is 1. The van der Waals surface area contributed by atoms with E-state index < -0.39 is 11.5 Å². The van der Waals surface area contributed by atoms with E-state index in [0.29, 0.717) is 0 Å². The van der Waals surface area contributed by atoms with Crippen LogP contribution in [-0.2, 0) is 6.42 Å². The topological polar surface area (TPSA) is 88.8 Å². The second-order valence-corrected chi connectivity index (χ2v) is 4.25. The Morgan fingerprint density at radius 1 is 1.37 bits per heavy atom. The molecule has 3 N–H and O–H groups in total. The highest BCUT2D eigenvalue weighted by Crippen LogP contribution is 2.22. The molecule has 0 bridgehead atoms. The number of primary amides is 1. The number of H-pyrrole nitrogens is 1. The van der Waals surface area contributed by atoms with Gasteiger partial charge < -0.3 is 10.7 Å². The number of nitrogens with two attached hydrogens (primary N) is 1. The molecule has 2 heterocycles. The molecule has 2 aromatic rings. The van der Waals surface area contributed by atoms with Gasteiger partial charge in [-0.1, -0.05) is 13.3 Å². The van der Waals surface area contributed by atoms with Crippen molar-refractivity contribution in [2.75, 3.05) is 0 Å². The first-order valence-electron chi connectivity index (χ1n) is 6.10. The fourth-order valence-electron chi connectivity index (χ4n) is 1.99. The molecule has 0 atom stereocenters. The SMILES string of the molecule is CCCc1[nH]c(=O)c(C(N)=O)cc1-c1ccncc1. The van der Waals surface area contributed by atoms with Crippen molar-refractivity contribution in [3.05, 3.63) is 52.2 Å². The third-order valence-electron chi connectivity index (χ3n) is 2.88. The van der Waals surface area contributed by atoms with Crippen LogP contribution in [0.3, 0.4) is 0 Å². The van der Waals surface area contributed by atoms with Crippen molar-refractivity contribution in [2.45, 2.75) is 19.8 Å². The number of carbonyl (C=O) groups excluding carboxylic acids is 1. The van der Waals surface area contributed by atoms with E-state index in [1.165, 1.54) is 0 Å². The Balaban J connectivity index is 2.66. The van der Waals surface area contributed by atoms with Crippen LogP contribution in [0.2, 0.25) is 0 Å². The quantitative estimate of drug-likeness (QED) is 0.869. The third-order valence-corrected chi connectivity index (χ3v) is 2.88. The smallest absolute Gasteiger partial charge is 0.261 e. The molecule has 0 saturated heterocycles. The lowest BCUT2D eigenvalue weighted by Crippen LogP contribution is -2.24. The zero-order valence-electron chi connectivity index (χ0n) is 10.6. The Kier molecular flexibility index (Phi) is 3.75. The number of pyridine rings is 2. The van der Waals surface area contributed by atoms with E-state index in [2.05, 4.69) is 9.97 Å². The number of amides is 1. The van der Waals surface area contributed by atoms with Crippen molar-refractivity contribution < 1.29 is 4.79 Å². The molecular formula is C14H15N3O2. The Hall–Kier alpha value is -2.43. The number of hydrogen-bond acceptors (Lipinski definition) is 3. The monoisotopic (exact) mass is 257 g/mol. The molecule has 0 saturated carbocycles. The molecule has 2 aromatic heterocycles. The number of aromatic nitrogens is 2. The van der Waals surface area contributed by atoms with Crippen molar-refractivity contribution in [3.63, 3.8) is 0 Å². The van der Waals surface area contributed by atoms with Crippen LogP contribution in [-0.4, -0.2) is 15.9 Å². The number of rotatable bonds is 4. The van der Waals surface area contributed by atoms with Gasteiger partial charge in [-0.3, -0.25) is 14.6 Å². The van der Waals surface area contributed by atoms with E-state index in [0.717, 1.165) is 29.7 Å². The standard InChI is InChI=1S/C14H15N3O2/c1-2-3-12-10(9-4-6-16-7-5-9)8-11(13(15)18)14(19)17-12/h4-8H,2-3H2,1H3,(H2,15,18)(H,17,19). The largest absolute Gasteiger partial charge is 0.365 e. The molecule has 0 fully saturated rings. The second kappa shape index (κ2) is 5.48. The highest BCUT2D eigenvalue weighted by Gasteiger charge is 2.13. The van der Waals surface area contributed by atoms with Crippen LogP contribution in [0.15, 0.2) is 35.4 Å². The van der Waals surface area contributed by atoms with Crippen molar-refractivity contribution in [2.24, 2.45) is 5.73 Å². The molecular weight excluding hydrogens is 242 g/mol. The van der Waals surface area contributed by atoms with Gasteiger partial charge in [0.2, 0.25) is 0 Å². The first-order chi connectivity index (χ1) is 9.13. The van der Waals surface area contributed by atoms with Gasteiger partial charge in [0.25, 0.3) is 11.5 Å². The highest BCUT2D eigenvalue weighted by molar-refractivity contribution is 5.93. The Morgan fingerprint density at radius 2 is 2.05 bits per heavy atom. The van der Waals surface area contributed by atoms with Crippen LogP contribution in [0.1, 0.15) is 29.4 Å². The normalized spacial score (nSPS) is 10.4. The summed E-state index contributed by atoms with van der Waals surface area (Å²) in [7, 11) is 0. The van der Waals surface area contributed by atoms with Gasteiger partial charge in [0, 0.05) is 23.7 Å². The predicted octanol–water partition coefficient (Wildman–Crippen LogP) is 1.49. The Morgan fingerprint density at radius 3 is 2.63 bits per heavy atom. The fraction of sp³-hybridized carbons (Fsp3) is 0.214. The van der Waals surface area contributed by atoms with Gasteiger partial charge in [-0.05, 0) is 30.2 Å². The van der Waals surface area contributed by atoms with Gasteiger partial charge in [-0.2, -0.15) is 0 Å². The van der Waals surface area contributed by atoms with E-state index >= 15 is 0 Å². The van der Waals surface area contributed by atoms with Gasteiger partial charge in [-0.15, -0.1) is 0 Å². The van der Waals surface area contributed by atoms with E-state index in [-0.39, 0.29) is 5.56 Å². The number of nitrogens with zero attached hydrogens (tertiary/aromatic N) is 1. The molecule has 5 nitrogen and oxygen atoms in total. The van der Waals surface area contributed by atoms with Crippen molar-refractivity contribution in [1.29, 1.82) is 0 Å². The molecule has 0 aliphatic rings. The third kappa shape index (κ3) is 2.70. The predicted molar refractivity (Wildman–Crippen MR) is 72.8 cm³/mol. The molecule has 19 heavy (non-hydrogen) atoms. The van der Waals surface area contributed by atoms with Crippen LogP contribution in [0.5, 0.6) is 0 Å². The van der Waals surface area contributed by atoms with Crippen LogP contribution in [0.4, 0.5) is 0 Å². The summed E-state index contributed by atoms with van der Waals surface area (Å²) in [6.07, 6.45) is 4.95. The zero-order valence-corrected chi connectivity index (χ0v) is 10.6. The summed E-state index contributed by atoms with van der Waals surface area (Å²) in [4.78, 5) is 29.7. The van der Waals surface area contributed by atoms with Gasteiger partial charge >= 0.3 is 0 Å². The van der Waals surface area contributed by atoms with E-state index in [1.54, 1.807) is 18.5 Å². The Bertz CT molecular complexity index is 647. The summed E-state index contributed by atoms with van der Waals surface area (Å²) < 4.78 is 0. The molecule has 0 aromatic carbocycles. The van der Waals surface area contributed by atoms with Crippen molar-refractivity contribution >= 4 is 5.91 Å². The maximum absolute atomic E-state index is 11.8. The fourth-order valence-corrected chi connectivity index (χ4v) is 1.99. The van der Waals surface area contributed by atoms with E-state index in [4.69, 9.17) is 5.73 Å². The van der Waals surface area contributed by atoms with Gasteiger partial charge in [0.15, 0.2) is 0 Å². The summed E-state index contributed by atoms with van der Waals surface area (Å²) in [5.41, 5.74) is 7.28. The molecule has 5 heteroatoms. The van der Waals surface area contributed by atoms with Crippen LogP contribution < -0.4 is 11.3 Å². The first-order valence-corrected chi connectivity index (χ1v) is 6.10. The molecule has 2 rings (SSSR count). The van der Waals surface area contributed by atoms with Crippen molar-refractivity contribution in [1.82, 2.24) is 9.97 Å². The molecule has 1 amide bonds. The number of aryl methyl sites for hydroxylation is 1. The minimum atomic E-state index is -0.723. The van der Waals surface area contributed by atoms with E-state index in [1.807, 2.05) is 19.1 Å². The average Bonchev–Trinajstić information content (AvgIpc) is 2.40. The van der Waals surface area contributed by atoms with E-state index in [9.17, 15) is 9.59 Å². The minimum Gasteiger partial charge on any atom is -0.365 e. The number of hydrogen-bond donors (Lipinski definition) is 2. The lowest BCUT2D eigenvalue weighted by atomic mass is 10.0. The summed E-state index contributed by atoms with van der Waals surface area (Å²) in [6.45, 7) is 2.02. The molecule has 0 unspecified atom stereocenters. The van der Waals surface area contributed by atoms with Gasteiger partial charge in [-0.25, -0.2) is 0 Å². The number of aromatic amines is 1.